The topological polar surface area (TPSA) is 114 Å². The number of sulfonamides is 1. The summed E-state index contributed by atoms with van der Waals surface area (Å²) in [5.74, 6) is -1.18. The summed E-state index contributed by atoms with van der Waals surface area (Å²) in [4.78, 5) is 11.2. The number of anilines is 1. The summed E-state index contributed by atoms with van der Waals surface area (Å²) in [5.41, 5.74) is 0.280. The zero-order valence-electron chi connectivity index (χ0n) is 15.7. The van der Waals surface area contributed by atoms with Crippen LogP contribution in [-0.2, 0) is 19.5 Å². The van der Waals surface area contributed by atoms with Gasteiger partial charge in [-0.05, 0) is 51.3 Å². The number of rotatable bonds is 11. The molecule has 0 spiro atoms. The highest BCUT2D eigenvalue weighted by Crippen LogP contribution is 2.24. The highest BCUT2D eigenvalue weighted by molar-refractivity contribution is 7.89. The van der Waals surface area contributed by atoms with E-state index in [0.717, 1.165) is 12.8 Å². The summed E-state index contributed by atoms with van der Waals surface area (Å²) in [7, 11) is -3.87. The van der Waals surface area contributed by atoms with Crippen molar-refractivity contribution in [2.24, 2.45) is 0 Å². The number of hydrogen-bond acceptors (Lipinski definition) is 6. The van der Waals surface area contributed by atoms with Gasteiger partial charge in [-0.25, -0.2) is 17.9 Å². The van der Waals surface area contributed by atoms with Crippen molar-refractivity contribution in [3.63, 3.8) is 0 Å². The van der Waals surface area contributed by atoms with E-state index in [0.29, 0.717) is 31.9 Å². The van der Waals surface area contributed by atoms with Gasteiger partial charge in [-0.2, -0.15) is 0 Å². The minimum atomic E-state index is -3.87. The van der Waals surface area contributed by atoms with Gasteiger partial charge in [0.2, 0.25) is 10.0 Å². The van der Waals surface area contributed by atoms with Crippen molar-refractivity contribution in [3.8, 4) is 0 Å². The fraction of sp³-hybridized carbons (Fsp3) is 0.611. The molecule has 8 nitrogen and oxygen atoms in total. The Morgan fingerprint density at radius 2 is 2.19 bits per heavy atom. The van der Waals surface area contributed by atoms with Crippen molar-refractivity contribution in [2.45, 2.75) is 50.2 Å². The molecule has 0 aromatic heterocycles. The Labute approximate surface area is 160 Å². The van der Waals surface area contributed by atoms with Gasteiger partial charge in [-0.1, -0.05) is 0 Å². The van der Waals surface area contributed by atoms with E-state index in [1.54, 1.807) is 0 Å². The predicted octanol–water partition coefficient (Wildman–Crippen LogP) is 2.07. The number of ether oxygens (including phenoxy) is 2. The summed E-state index contributed by atoms with van der Waals surface area (Å²) in [6.45, 7) is 5.64. The molecule has 1 atom stereocenters. The summed E-state index contributed by atoms with van der Waals surface area (Å²) < 4.78 is 38.9. The lowest BCUT2D eigenvalue weighted by Gasteiger charge is -2.16. The molecule has 1 heterocycles. The van der Waals surface area contributed by atoms with E-state index in [-0.39, 0.29) is 29.2 Å². The largest absolute Gasteiger partial charge is 0.478 e. The van der Waals surface area contributed by atoms with Crippen LogP contribution in [0.4, 0.5) is 5.69 Å². The number of carboxylic acids is 1. The van der Waals surface area contributed by atoms with Crippen LogP contribution in [0.5, 0.6) is 0 Å². The first-order valence-corrected chi connectivity index (χ1v) is 10.6. The third kappa shape index (κ3) is 6.76. The van der Waals surface area contributed by atoms with Gasteiger partial charge in [0.15, 0.2) is 0 Å². The minimum Gasteiger partial charge on any atom is -0.478 e. The SMILES string of the molecule is CC(C)OCCCNS(=O)(=O)c1cc(C(=O)O)ccc1NC[C@@H]1CCCO1. The number of carboxylic acid groups (broad SMARTS) is 1. The molecule has 0 radical (unpaired) electrons. The predicted molar refractivity (Wildman–Crippen MR) is 102 cm³/mol. The molecule has 152 valence electrons. The second-order valence-electron chi connectivity index (χ2n) is 6.70. The van der Waals surface area contributed by atoms with Crippen molar-refractivity contribution < 1.29 is 27.8 Å². The van der Waals surface area contributed by atoms with E-state index >= 15 is 0 Å². The molecule has 1 aromatic carbocycles. The molecule has 1 fully saturated rings. The summed E-state index contributed by atoms with van der Waals surface area (Å²) >= 11 is 0. The molecule has 3 N–H and O–H groups in total. The molecule has 2 rings (SSSR count). The lowest BCUT2D eigenvalue weighted by molar-refractivity contribution is 0.0696. The highest BCUT2D eigenvalue weighted by Gasteiger charge is 2.22. The molecule has 0 amide bonds. The number of hydrogen-bond donors (Lipinski definition) is 3. The van der Waals surface area contributed by atoms with Crippen LogP contribution >= 0.6 is 0 Å². The maximum absolute atomic E-state index is 12.7. The second kappa shape index (κ2) is 10.0. The van der Waals surface area contributed by atoms with E-state index in [2.05, 4.69) is 10.0 Å². The smallest absolute Gasteiger partial charge is 0.335 e. The quantitative estimate of drug-likeness (QED) is 0.487. The van der Waals surface area contributed by atoms with Gasteiger partial charge in [0.1, 0.15) is 4.90 Å². The zero-order chi connectivity index (χ0) is 19.9. The van der Waals surface area contributed by atoms with Gasteiger partial charge in [0.05, 0.1) is 23.5 Å². The molecule has 1 aliphatic heterocycles. The molecule has 9 heteroatoms. The summed E-state index contributed by atoms with van der Waals surface area (Å²) in [6.07, 6.45) is 2.53. The Bertz CT molecular complexity index is 729. The Hall–Kier alpha value is -1.68. The Kier molecular flexibility index (Phi) is 8.03. The van der Waals surface area contributed by atoms with Crippen molar-refractivity contribution >= 4 is 21.7 Å². The molecule has 27 heavy (non-hydrogen) atoms. The van der Waals surface area contributed by atoms with E-state index in [1.807, 2.05) is 13.8 Å². The van der Waals surface area contributed by atoms with Crippen LogP contribution < -0.4 is 10.0 Å². The number of benzene rings is 1. The third-order valence-electron chi connectivity index (χ3n) is 4.13. The van der Waals surface area contributed by atoms with Crippen molar-refractivity contribution in [1.82, 2.24) is 4.72 Å². The first kappa shape index (κ1) is 21.6. The molecule has 1 saturated heterocycles. The first-order chi connectivity index (χ1) is 12.8. The Balaban J connectivity index is 2.09. The number of carbonyl (C=O) groups is 1. The summed E-state index contributed by atoms with van der Waals surface area (Å²) in [5, 5.41) is 12.3. The number of aromatic carboxylic acids is 1. The van der Waals surface area contributed by atoms with Gasteiger partial charge >= 0.3 is 5.97 Å². The van der Waals surface area contributed by atoms with Gasteiger partial charge in [-0.15, -0.1) is 0 Å². The minimum absolute atomic E-state index is 0.0286. The van der Waals surface area contributed by atoms with Crippen molar-refractivity contribution in [1.29, 1.82) is 0 Å². The molecular formula is C18H28N2O6S. The number of nitrogens with one attached hydrogen (secondary N) is 2. The lowest BCUT2D eigenvalue weighted by Crippen LogP contribution is -2.28. The molecule has 0 unspecified atom stereocenters. The molecule has 0 bridgehead atoms. The second-order valence-corrected chi connectivity index (χ2v) is 8.44. The lowest BCUT2D eigenvalue weighted by atomic mass is 10.2. The van der Waals surface area contributed by atoms with Gasteiger partial charge in [0, 0.05) is 26.3 Å². The fourth-order valence-electron chi connectivity index (χ4n) is 2.73. The molecular weight excluding hydrogens is 372 g/mol. The van der Waals surface area contributed by atoms with Crippen molar-refractivity contribution in [2.75, 3.05) is 31.6 Å². The Morgan fingerprint density at radius 3 is 2.81 bits per heavy atom. The normalized spacial score (nSPS) is 17.4. The molecule has 1 aromatic rings. The maximum atomic E-state index is 12.7. The van der Waals surface area contributed by atoms with E-state index < -0.39 is 16.0 Å². The van der Waals surface area contributed by atoms with Crippen LogP contribution in [0.25, 0.3) is 0 Å². The maximum Gasteiger partial charge on any atom is 0.335 e. The van der Waals surface area contributed by atoms with E-state index in [1.165, 1.54) is 18.2 Å². The fourth-order valence-corrected chi connectivity index (χ4v) is 4.01. The first-order valence-electron chi connectivity index (χ1n) is 9.13. The zero-order valence-corrected chi connectivity index (χ0v) is 16.5. The molecule has 0 saturated carbocycles. The van der Waals surface area contributed by atoms with Gasteiger partial charge in [0.25, 0.3) is 0 Å². The van der Waals surface area contributed by atoms with Crippen LogP contribution in [0.2, 0.25) is 0 Å². The molecule has 0 aliphatic carbocycles. The van der Waals surface area contributed by atoms with E-state index in [9.17, 15) is 18.3 Å². The van der Waals surface area contributed by atoms with Crippen LogP contribution in [0, 0.1) is 0 Å². The monoisotopic (exact) mass is 400 g/mol. The third-order valence-corrected chi connectivity index (χ3v) is 5.63. The van der Waals surface area contributed by atoms with Crippen molar-refractivity contribution in [3.05, 3.63) is 23.8 Å². The standard InChI is InChI=1S/C18H28N2O6S/c1-13(2)25-10-4-8-20-27(23,24)17-11-14(18(21)22)6-7-16(17)19-12-15-5-3-9-26-15/h6-7,11,13,15,19-20H,3-5,8-10,12H2,1-2H3,(H,21,22)/t15-/m0/s1. The van der Waals surface area contributed by atoms with Gasteiger partial charge < -0.3 is 19.9 Å². The average Bonchev–Trinajstić information content (AvgIpc) is 3.12. The van der Waals surface area contributed by atoms with E-state index in [4.69, 9.17) is 9.47 Å². The van der Waals surface area contributed by atoms with Gasteiger partial charge in [-0.3, -0.25) is 0 Å². The Morgan fingerprint density at radius 1 is 1.41 bits per heavy atom. The summed E-state index contributed by atoms with van der Waals surface area (Å²) in [6, 6.07) is 4.04. The van der Waals surface area contributed by atoms with Crippen LogP contribution in [-0.4, -0.2) is 58.0 Å². The molecule has 1 aliphatic rings. The average molecular weight is 400 g/mol. The highest BCUT2D eigenvalue weighted by atomic mass is 32.2. The van der Waals surface area contributed by atoms with Crippen LogP contribution in [0.3, 0.4) is 0 Å². The van der Waals surface area contributed by atoms with Crippen LogP contribution in [0.15, 0.2) is 23.1 Å². The van der Waals surface area contributed by atoms with Crippen LogP contribution in [0.1, 0.15) is 43.5 Å².